The van der Waals surface area contributed by atoms with E-state index in [4.69, 9.17) is 9.84 Å². The summed E-state index contributed by atoms with van der Waals surface area (Å²) in [6.45, 7) is 4.79. The van der Waals surface area contributed by atoms with Crippen molar-refractivity contribution < 1.29 is 18.6 Å². The third-order valence-corrected chi connectivity index (χ3v) is 1.43. The van der Waals surface area contributed by atoms with Crippen molar-refractivity contribution in [2.75, 3.05) is 26.3 Å². The molecule has 0 radical (unpaired) electrons. The monoisotopic (exact) mass is 211 g/mol. The van der Waals surface area contributed by atoms with E-state index in [0.717, 1.165) is 0 Å². The van der Waals surface area contributed by atoms with E-state index in [9.17, 15) is 8.78 Å². The van der Waals surface area contributed by atoms with E-state index >= 15 is 0 Å². The van der Waals surface area contributed by atoms with Crippen LogP contribution in [0, 0.1) is 0 Å². The first kappa shape index (κ1) is 13.7. The van der Waals surface area contributed by atoms with Crippen LogP contribution in [-0.4, -0.2) is 42.9 Å². The number of hydrogen-bond donors (Lipinski definition) is 2. The molecule has 0 saturated carbocycles. The number of ether oxygens (including phenoxy) is 1. The Kier molecular flexibility index (Phi) is 5.48. The molecule has 2 N–H and O–H groups in total. The number of aliphatic hydroxyl groups excluding tert-OH is 1. The smallest absolute Gasteiger partial charge is 0.282 e. The predicted octanol–water partition coefficient (Wildman–Crippen LogP) is 1.02. The molecule has 0 bridgehead atoms. The first-order valence-corrected chi connectivity index (χ1v) is 4.60. The van der Waals surface area contributed by atoms with Crippen LogP contribution in [0.15, 0.2) is 0 Å². The first-order valence-electron chi connectivity index (χ1n) is 4.60. The number of nitrogens with one attached hydrogen (secondary N) is 1. The lowest BCUT2D eigenvalue weighted by molar-refractivity contribution is -0.0507. The van der Waals surface area contributed by atoms with Gasteiger partial charge in [-0.2, -0.15) is 0 Å². The van der Waals surface area contributed by atoms with Crippen molar-refractivity contribution >= 4 is 0 Å². The van der Waals surface area contributed by atoms with E-state index in [1.54, 1.807) is 0 Å². The largest absolute Gasteiger partial charge is 0.390 e. The lowest BCUT2D eigenvalue weighted by Gasteiger charge is -2.20. The van der Waals surface area contributed by atoms with Crippen molar-refractivity contribution in [2.45, 2.75) is 32.3 Å². The maximum absolute atomic E-state index is 12.5. The molecule has 3 nitrogen and oxygen atoms in total. The van der Waals surface area contributed by atoms with Crippen LogP contribution in [0.3, 0.4) is 0 Å². The molecule has 14 heavy (non-hydrogen) atoms. The number of rotatable bonds is 6. The Morgan fingerprint density at radius 1 is 1.29 bits per heavy atom. The first-order chi connectivity index (χ1) is 6.27. The van der Waals surface area contributed by atoms with Crippen molar-refractivity contribution in [1.82, 2.24) is 5.32 Å². The van der Waals surface area contributed by atoms with Gasteiger partial charge in [0, 0.05) is 6.54 Å². The Balaban J connectivity index is 3.39. The summed E-state index contributed by atoms with van der Waals surface area (Å²) < 4.78 is 30.2. The van der Waals surface area contributed by atoms with Gasteiger partial charge < -0.3 is 15.2 Å². The average Bonchev–Trinajstić information content (AvgIpc) is 2.01. The van der Waals surface area contributed by atoms with Crippen molar-refractivity contribution in [3.63, 3.8) is 0 Å². The Labute approximate surface area is 83.4 Å². The fourth-order valence-corrected chi connectivity index (χ4v) is 0.757. The van der Waals surface area contributed by atoms with Gasteiger partial charge >= 0.3 is 0 Å². The molecule has 0 aromatic carbocycles. The van der Waals surface area contributed by atoms with Crippen LogP contribution < -0.4 is 5.32 Å². The van der Waals surface area contributed by atoms with Gasteiger partial charge in [0.2, 0.25) is 0 Å². The predicted molar refractivity (Wildman–Crippen MR) is 50.6 cm³/mol. The van der Waals surface area contributed by atoms with Gasteiger partial charge in [0.05, 0.1) is 18.8 Å². The van der Waals surface area contributed by atoms with Crippen LogP contribution in [0.5, 0.6) is 0 Å². The average molecular weight is 211 g/mol. The molecule has 0 aromatic heterocycles. The van der Waals surface area contributed by atoms with Crippen molar-refractivity contribution in [1.29, 1.82) is 0 Å². The molecule has 0 rings (SSSR count). The highest BCUT2D eigenvalue weighted by Gasteiger charge is 2.26. The molecule has 0 heterocycles. The maximum Gasteiger partial charge on any atom is 0.282 e. The molecule has 0 aliphatic carbocycles. The minimum absolute atomic E-state index is 0.249. The normalized spacial score (nSPS) is 13.3. The second-order valence-electron chi connectivity index (χ2n) is 4.15. The molecule has 0 aliphatic rings. The number of hydrogen-bond acceptors (Lipinski definition) is 3. The summed E-state index contributed by atoms with van der Waals surface area (Å²) in [6.07, 6.45) is 0. The van der Waals surface area contributed by atoms with Crippen LogP contribution >= 0.6 is 0 Å². The number of halogens is 2. The Morgan fingerprint density at radius 2 is 1.86 bits per heavy atom. The molecule has 0 amide bonds. The van der Waals surface area contributed by atoms with Gasteiger partial charge in [-0.25, -0.2) is 8.78 Å². The maximum atomic E-state index is 12.5. The molecular weight excluding hydrogens is 192 g/mol. The van der Waals surface area contributed by atoms with E-state index in [1.165, 1.54) is 0 Å². The molecule has 0 atom stereocenters. The van der Waals surface area contributed by atoms with Crippen LogP contribution in [0.1, 0.15) is 20.8 Å². The minimum Gasteiger partial charge on any atom is -0.390 e. The zero-order valence-electron chi connectivity index (χ0n) is 8.94. The van der Waals surface area contributed by atoms with E-state index in [2.05, 4.69) is 5.32 Å². The van der Waals surface area contributed by atoms with Gasteiger partial charge in [0.25, 0.3) is 5.92 Å². The SMILES string of the molecule is CC(C)(C)OCCNCC(F)(F)CO. The second-order valence-corrected chi connectivity index (χ2v) is 4.15. The van der Waals surface area contributed by atoms with Crippen molar-refractivity contribution in [2.24, 2.45) is 0 Å². The second kappa shape index (κ2) is 5.58. The summed E-state index contributed by atoms with van der Waals surface area (Å²) in [5.74, 6) is -3.04. The Morgan fingerprint density at radius 3 is 2.29 bits per heavy atom. The highest BCUT2D eigenvalue weighted by Crippen LogP contribution is 2.09. The Bertz CT molecular complexity index is 157. The highest BCUT2D eigenvalue weighted by atomic mass is 19.3. The van der Waals surface area contributed by atoms with Gasteiger partial charge in [-0.05, 0) is 20.8 Å². The molecule has 0 aromatic rings. The molecule has 0 unspecified atom stereocenters. The molecule has 0 aliphatic heterocycles. The zero-order chi connectivity index (χ0) is 11.2. The topological polar surface area (TPSA) is 41.5 Å². The lowest BCUT2D eigenvalue weighted by Crippen LogP contribution is -2.38. The van der Waals surface area contributed by atoms with Gasteiger partial charge in [-0.15, -0.1) is 0 Å². The summed E-state index contributed by atoms with van der Waals surface area (Å²) in [6, 6.07) is 0. The van der Waals surface area contributed by atoms with E-state index in [-0.39, 0.29) is 5.60 Å². The van der Waals surface area contributed by atoms with Crippen LogP contribution in [-0.2, 0) is 4.74 Å². The highest BCUT2D eigenvalue weighted by molar-refractivity contribution is 4.67. The van der Waals surface area contributed by atoms with E-state index in [1.807, 2.05) is 20.8 Å². The summed E-state index contributed by atoms with van der Waals surface area (Å²) in [5.41, 5.74) is -0.249. The fourth-order valence-electron chi connectivity index (χ4n) is 0.757. The molecular formula is C9H19F2NO2. The standard InChI is InChI=1S/C9H19F2NO2/c1-8(2,3)14-5-4-12-6-9(10,11)7-13/h12-13H,4-7H2,1-3H3. The third-order valence-electron chi connectivity index (χ3n) is 1.43. The van der Waals surface area contributed by atoms with Gasteiger partial charge in [-0.3, -0.25) is 0 Å². The van der Waals surface area contributed by atoms with Crippen LogP contribution in [0.2, 0.25) is 0 Å². The minimum atomic E-state index is -3.04. The number of alkyl halides is 2. The molecule has 0 fully saturated rings. The lowest BCUT2D eigenvalue weighted by atomic mass is 10.2. The quantitative estimate of drug-likeness (QED) is 0.644. The summed E-state index contributed by atoms with van der Waals surface area (Å²) in [5, 5.41) is 10.8. The molecule has 0 spiro atoms. The van der Waals surface area contributed by atoms with Gasteiger partial charge in [0.15, 0.2) is 0 Å². The summed E-state index contributed by atoms with van der Waals surface area (Å²) in [7, 11) is 0. The molecule has 0 saturated heterocycles. The van der Waals surface area contributed by atoms with Crippen molar-refractivity contribution in [3.8, 4) is 0 Å². The molecule has 86 valence electrons. The van der Waals surface area contributed by atoms with E-state index in [0.29, 0.717) is 13.2 Å². The molecule has 5 heteroatoms. The van der Waals surface area contributed by atoms with Crippen LogP contribution in [0.4, 0.5) is 8.78 Å². The van der Waals surface area contributed by atoms with Crippen molar-refractivity contribution in [3.05, 3.63) is 0 Å². The van der Waals surface area contributed by atoms with Gasteiger partial charge in [0.1, 0.15) is 6.61 Å². The summed E-state index contributed by atoms with van der Waals surface area (Å²) >= 11 is 0. The van der Waals surface area contributed by atoms with Gasteiger partial charge in [-0.1, -0.05) is 0 Å². The van der Waals surface area contributed by atoms with E-state index < -0.39 is 19.1 Å². The Hall–Kier alpha value is -0.260. The van der Waals surface area contributed by atoms with Crippen LogP contribution in [0.25, 0.3) is 0 Å². The third kappa shape index (κ3) is 8.34. The number of aliphatic hydroxyl groups is 1. The zero-order valence-corrected chi connectivity index (χ0v) is 8.94. The fraction of sp³-hybridized carbons (Fsp3) is 1.00. The summed E-state index contributed by atoms with van der Waals surface area (Å²) in [4.78, 5) is 0.